The number of benzene rings is 3. The van der Waals surface area contributed by atoms with Crippen molar-refractivity contribution in [2.45, 2.75) is 0 Å². The van der Waals surface area contributed by atoms with E-state index < -0.39 is 0 Å². The van der Waals surface area contributed by atoms with Crippen LogP contribution in [-0.2, 0) is 0 Å². The Bertz CT molecular complexity index is 928. The first-order valence-corrected chi connectivity index (χ1v) is 8.44. The Hall–Kier alpha value is -2.34. The Labute approximate surface area is 153 Å². The number of carbonyl (C=O) groups excluding carboxylic acids is 1. The summed E-state index contributed by atoms with van der Waals surface area (Å²) in [5.41, 5.74) is 1.20. The van der Waals surface area contributed by atoms with E-state index in [4.69, 9.17) is 4.74 Å². The van der Waals surface area contributed by atoms with E-state index in [1.807, 2.05) is 48.5 Å². The summed E-state index contributed by atoms with van der Waals surface area (Å²) >= 11 is 2.18. The summed E-state index contributed by atoms with van der Waals surface area (Å²) in [6.07, 6.45) is 3.20. The molecule has 0 spiro atoms. The lowest BCUT2D eigenvalue weighted by molar-refractivity contribution is 0.104. The molecular formula is C20H15IO3. The van der Waals surface area contributed by atoms with E-state index in [1.165, 1.54) is 6.08 Å². The van der Waals surface area contributed by atoms with Crippen molar-refractivity contribution in [1.29, 1.82) is 0 Å². The van der Waals surface area contributed by atoms with Gasteiger partial charge in [0.05, 0.1) is 12.7 Å². The fourth-order valence-electron chi connectivity index (χ4n) is 2.48. The van der Waals surface area contributed by atoms with Gasteiger partial charge >= 0.3 is 0 Å². The number of ketones is 1. The molecule has 0 amide bonds. The second-order valence-corrected chi connectivity index (χ2v) is 6.43. The lowest BCUT2D eigenvalue weighted by atomic mass is 10.0. The smallest absolute Gasteiger partial charge is 0.189 e. The highest BCUT2D eigenvalue weighted by molar-refractivity contribution is 14.1. The second kappa shape index (κ2) is 7.05. The van der Waals surface area contributed by atoms with Gasteiger partial charge in [-0.2, -0.15) is 0 Å². The van der Waals surface area contributed by atoms with E-state index in [0.717, 1.165) is 20.3 Å². The largest absolute Gasteiger partial charge is 0.507 e. The minimum absolute atomic E-state index is 0.0235. The molecule has 120 valence electrons. The van der Waals surface area contributed by atoms with E-state index in [-0.39, 0.29) is 11.5 Å². The molecule has 3 rings (SSSR count). The van der Waals surface area contributed by atoms with Crippen molar-refractivity contribution in [3.05, 3.63) is 75.4 Å². The van der Waals surface area contributed by atoms with Gasteiger partial charge in [-0.05, 0) is 57.8 Å². The molecule has 0 atom stereocenters. The molecule has 0 heterocycles. The van der Waals surface area contributed by atoms with E-state index in [1.54, 1.807) is 19.3 Å². The SMILES string of the molecule is COc1ccc(/C=C/C(=O)c2cc(I)c3ccccc3c2O)cc1. The van der Waals surface area contributed by atoms with Crippen LogP contribution in [0.1, 0.15) is 15.9 Å². The van der Waals surface area contributed by atoms with Crippen molar-refractivity contribution in [3.63, 3.8) is 0 Å². The first kappa shape index (κ1) is 16.5. The Kier molecular flexibility index (Phi) is 4.85. The summed E-state index contributed by atoms with van der Waals surface area (Å²) in [6.45, 7) is 0. The fourth-order valence-corrected chi connectivity index (χ4v) is 3.26. The van der Waals surface area contributed by atoms with Crippen molar-refractivity contribution in [2.75, 3.05) is 7.11 Å². The van der Waals surface area contributed by atoms with Gasteiger partial charge in [-0.15, -0.1) is 0 Å². The highest BCUT2D eigenvalue weighted by atomic mass is 127. The summed E-state index contributed by atoms with van der Waals surface area (Å²) in [7, 11) is 1.61. The fraction of sp³-hybridized carbons (Fsp3) is 0.0500. The number of hydrogen-bond donors (Lipinski definition) is 1. The van der Waals surface area contributed by atoms with Crippen LogP contribution < -0.4 is 4.74 Å². The maximum absolute atomic E-state index is 12.5. The normalized spacial score (nSPS) is 11.1. The number of phenols is 1. The quantitative estimate of drug-likeness (QED) is 0.358. The Morgan fingerprint density at radius 2 is 1.75 bits per heavy atom. The van der Waals surface area contributed by atoms with Gasteiger partial charge in [-0.3, -0.25) is 4.79 Å². The molecular weight excluding hydrogens is 415 g/mol. The predicted octanol–water partition coefficient (Wildman–Crippen LogP) is 5.05. The maximum Gasteiger partial charge on any atom is 0.189 e. The highest BCUT2D eigenvalue weighted by Crippen LogP contribution is 2.33. The molecule has 0 saturated heterocycles. The Morgan fingerprint density at radius 3 is 2.42 bits per heavy atom. The molecule has 1 N–H and O–H groups in total. The van der Waals surface area contributed by atoms with Crippen molar-refractivity contribution in [3.8, 4) is 11.5 Å². The third-order valence-electron chi connectivity index (χ3n) is 3.77. The lowest BCUT2D eigenvalue weighted by Crippen LogP contribution is -1.97. The molecule has 4 heteroatoms. The van der Waals surface area contributed by atoms with Crippen LogP contribution in [0, 0.1) is 3.57 Å². The molecule has 0 bridgehead atoms. The molecule has 0 unspecified atom stereocenters. The van der Waals surface area contributed by atoms with Crippen LogP contribution in [0.25, 0.3) is 16.8 Å². The summed E-state index contributed by atoms with van der Waals surface area (Å²) in [4.78, 5) is 12.5. The zero-order chi connectivity index (χ0) is 17.1. The molecule has 0 fully saturated rings. The minimum atomic E-state index is -0.230. The zero-order valence-electron chi connectivity index (χ0n) is 13.0. The van der Waals surface area contributed by atoms with Gasteiger partial charge in [0.1, 0.15) is 11.5 Å². The van der Waals surface area contributed by atoms with E-state index >= 15 is 0 Å². The molecule has 0 aromatic heterocycles. The van der Waals surface area contributed by atoms with Crippen molar-refractivity contribution in [1.82, 2.24) is 0 Å². The second-order valence-electron chi connectivity index (χ2n) is 5.27. The molecule has 0 radical (unpaired) electrons. The summed E-state index contributed by atoms with van der Waals surface area (Å²) in [5, 5.41) is 12.1. The molecule has 0 aliphatic carbocycles. The van der Waals surface area contributed by atoms with E-state index in [2.05, 4.69) is 22.6 Å². The van der Waals surface area contributed by atoms with Crippen LogP contribution in [0.3, 0.4) is 0 Å². The van der Waals surface area contributed by atoms with Crippen LogP contribution in [0.4, 0.5) is 0 Å². The first-order valence-electron chi connectivity index (χ1n) is 7.37. The average Bonchev–Trinajstić information content (AvgIpc) is 2.63. The minimum Gasteiger partial charge on any atom is -0.507 e. The zero-order valence-corrected chi connectivity index (χ0v) is 15.2. The van der Waals surface area contributed by atoms with Crippen LogP contribution in [0.15, 0.2) is 60.7 Å². The summed E-state index contributed by atoms with van der Waals surface area (Å²) in [6, 6.07) is 16.6. The standard InChI is InChI=1S/C20H15IO3/c1-24-14-9-6-13(7-10-14)8-11-19(22)17-12-18(21)15-4-2-3-5-16(15)20(17)23/h2-12,23H,1H3/b11-8+. The average molecular weight is 430 g/mol. The Balaban J connectivity index is 1.93. The monoisotopic (exact) mass is 430 g/mol. The first-order chi connectivity index (χ1) is 11.6. The number of fused-ring (bicyclic) bond motifs is 1. The number of hydrogen-bond acceptors (Lipinski definition) is 3. The molecule has 3 aromatic rings. The molecule has 3 nitrogen and oxygen atoms in total. The van der Waals surface area contributed by atoms with E-state index in [0.29, 0.717) is 10.9 Å². The van der Waals surface area contributed by atoms with Crippen molar-refractivity contribution < 1.29 is 14.6 Å². The third-order valence-corrected chi connectivity index (χ3v) is 4.67. The van der Waals surface area contributed by atoms with Crippen LogP contribution in [0.5, 0.6) is 11.5 Å². The number of halogens is 1. The molecule has 0 aliphatic rings. The maximum atomic E-state index is 12.5. The van der Waals surface area contributed by atoms with Crippen LogP contribution in [0.2, 0.25) is 0 Å². The topological polar surface area (TPSA) is 46.5 Å². The van der Waals surface area contributed by atoms with Gasteiger partial charge in [0.15, 0.2) is 5.78 Å². The number of carbonyl (C=O) groups is 1. The Morgan fingerprint density at radius 1 is 1.08 bits per heavy atom. The van der Waals surface area contributed by atoms with Crippen molar-refractivity contribution in [2.24, 2.45) is 0 Å². The number of phenolic OH excluding ortho intramolecular Hbond substituents is 1. The van der Waals surface area contributed by atoms with Gasteiger partial charge in [0.25, 0.3) is 0 Å². The van der Waals surface area contributed by atoms with Gasteiger partial charge in [-0.25, -0.2) is 0 Å². The summed E-state index contributed by atoms with van der Waals surface area (Å²) < 4.78 is 6.04. The van der Waals surface area contributed by atoms with Gasteiger partial charge in [0, 0.05) is 8.96 Å². The number of rotatable bonds is 4. The van der Waals surface area contributed by atoms with Gasteiger partial charge in [-0.1, -0.05) is 42.5 Å². The van der Waals surface area contributed by atoms with Crippen molar-refractivity contribution >= 4 is 45.2 Å². The number of methoxy groups -OCH3 is 1. The highest BCUT2D eigenvalue weighted by Gasteiger charge is 2.14. The number of allylic oxidation sites excluding steroid dienone is 1. The number of ether oxygens (including phenoxy) is 1. The molecule has 3 aromatic carbocycles. The van der Waals surface area contributed by atoms with Crippen LogP contribution >= 0.6 is 22.6 Å². The predicted molar refractivity (Wildman–Crippen MR) is 105 cm³/mol. The lowest BCUT2D eigenvalue weighted by Gasteiger charge is -2.08. The van der Waals surface area contributed by atoms with Crippen LogP contribution in [-0.4, -0.2) is 18.0 Å². The molecule has 24 heavy (non-hydrogen) atoms. The third kappa shape index (κ3) is 3.28. The summed E-state index contributed by atoms with van der Waals surface area (Å²) in [5.74, 6) is 0.558. The number of aromatic hydroxyl groups is 1. The van der Waals surface area contributed by atoms with E-state index in [9.17, 15) is 9.90 Å². The van der Waals surface area contributed by atoms with Gasteiger partial charge < -0.3 is 9.84 Å². The molecule has 0 saturated carbocycles. The van der Waals surface area contributed by atoms with Gasteiger partial charge in [0.2, 0.25) is 0 Å². The molecule has 0 aliphatic heterocycles.